The molecule has 0 saturated heterocycles. The molecule has 0 saturated carbocycles. The van der Waals surface area contributed by atoms with Crippen LogP contribution < -0.4 is 0 Å². The number of hydrogen-bond acceptors (Lipinski definition) is 1. The largest absolute Gasteiger partial charge is 0.241 e. The van der Waals surface area contributed by atoms with E-state index in [1.165, 1.54) is 10.8 Å². The lowest BCUT2D eigenvalue weighted by Crippen LogP contribution is -1.95. The van der Waals surface area contributed by atoms with E-state index in [9.17, 15) is 0 Å². The lowest BCUT2D eigenvalue weighted by atomic mass is 10.1. The first-order chi connectivity index (χ1) is 8.36. The second-order valence-electron chi connectivity index (χ2n) is 3.92. The maximum absolute atomic E-state index is 4.48. The molecule has 1 heterocycles. The first-order valence-electron chi connectivity index (χ1n) is 5.46. The zero-order valence-corrected chi connectivity index (χ0v) is 10.8. The summed E-state index contributed by atoms with van der Waals surface area (Å²) in [5.74, 6) is 0. The van der Waals surface area contributed by atoms with E-state index in [0.717, 1.165) is 16.7 Å². The Kier molecular flexibility index (Phi) is 2.69. The topological polar surface area (TPSA) is 17.8 Å². The van der Waals surface area contributed by atoms with E-state index in [-0.39, 0.29) is 0 Å². The summed E-state index contributed by atoms with van der Waals surface area (Å²) in [6.07, 6.45) is 1.99. The van der Waals surface area contributed by atoms with E-state index in [0.29, 0.717) is 0 Å². The van der Waals surface area contributed by atoms with Crippen LogP contribution in [0.4, 0.5) is 0 Å². The second-order valence-corrected chi connectivity index (χ2v) is 4.48. The summed E-state index contributed by atoms with van der Waals surface area (Å²) in [7, 11) is 0. The van der Waals surface area contributed by atoms with Gasteiger partial charge in [0.05, 0.1) is 11.4 Å². The molecule has 0 N–H and O–H groups in total. The summed E-state index contributed by atoms with van der Waals surface area (Å²) >= 11 is 3.41. The molecule has 0 fully saturated rings. The molecule has 1 aromatic heterocycles. The fraction of sp³-hybridized carbons (Fsp3) is 0.0714. The predicted molar refractivity (Wildman–Crippen MR) is 73.7 cm³/mol. The molecule has 0 radical (unpaired) electrons. The van der Waals surface area contributed by atoms with Crippen LogP contribution in [0.1, 0.15) is 5.69 Å². The number of hydrogen-bond donors (Lipinski definition) is 0. The van der Waals surface area contributed by atoms with Crippen molar-refractivity contribution in [1.29, 1.82) is 0 Å². The quantitative estimate of drug-likeness (QED) is 0.653. The van der Waals surface area contributed by atoms with Crippen molar-refractivity contribution in [2.24, 2.45) is 0 Å². The van der Waals surface area contributed by atoms with Gasteiger partial charge in [0.15, 0.2) is 0 Å². The summed E-state index contributed by atoms with van der Waals surface area (Å²) < 4.78 is 1.91. The van der Waals surface area contributed by atoms with Crippen LogP contribution >= 0.6 is 15.9 Å². The molecule has 3 aromatic rings. The van der Waals surface area contributed by atoms with Gasteiger partial charge in [-0.25, -0.2) is 4.68 Å². The molecule has 0 atom stereocenters. The Hall–Kier alpha value is -1.61. The van der Waals surface area contributed by atoms with E-state index < -0.39 is 0 Å². The van der Waals surface area contributed by atoms with Gasteiger partial charge in [0.25, 0.3) is 0 Å². The van der Waals surface area contributed by atoms with Crippen molar-refractivity contribution in [1.82, 2.24) is 9.78 Å². The third-order valence-electron chi connectivity index (χ3n) is 2.78. The Labute approximate surface area is 108 Å². The normalized spacial score (nSPS) is 10.9. The molecule has 0 unspecified atom stereocenters. The Morgan fingerprint density at radius 2 is 1.82 bits per heavy atom. The first-order valence-corrected chi connectivity index (χ1v) is 6.59. The van der Waals surface area contributed by atoms with Crippen LogP contribution in [0, 0.1) is 0 Å². The van der Waals surface area contributed by atoms with Crippen molar-refractivity contribution in [3.63, 3.8) is 0 Å². The van der Waals surface area contributed by atoms with Gasteiger partial charge in [-0.15, -0.1) is 0 Å². The van der Waals surface area contributed by atoms with Gasteiger partial charge in [-0.2, -0.15) is 5.10 Å². The molecule has 0 amide bonds. The second kappa shape index (κ2) is 4.34. The molecular formula is C14H11BrN2. The summed E-state index contributed by atoms with van der Waals surface area (Å²) in [6, 6.07) is 16.7. The van der Waals surface area contributed by atoms with Gasteiger partial charge in [0, 0.05) is 11.5 Å². The molecule has 17 heavy (non-hydrogen) atoms. The zero-order valence-electron chi connectivity index (χ0n) is 9.18. The van der Waals surface area contributed by atoms with Crippen LogP contribution in [0.15, 0.2) is 54.7 Å². The Bertz CT molecular complexity index is 658. The van der Waals surface area contributed by atoms with Crippen molar-refractivity contribution >= 4 is 26.7 Å². The summed E-state index contributed by atoms with van der Waals surface area (Å²) in [6.45, 7) is 0. The fourth-order valence-corrected chi connectivity index (χ4v) is 2.20. The maximum atomic E-state index is 4.48. The minimum absolute atomic E-state index is 0.785. The molecule has 2 nitrogen and oxygen atoms in total. The van der Waals surface area contributed by atoms with Crippen molar-refractivity contribution in [2.45, 2.75) is 5.33 Å². The number of rotatable bonds is 2. The van der Waals surface area contributed by atoms with Crippen LogP contribution in [-0.4, -0.2) is 9.78 Å². The van der Waals surface area contributed by atoms with E-state index in [1.54, 1.807) is 0 Å². The van der Waals surface area contributed by atoms with Gasteiger partial charge in [0.2, 0.25) is 0 Å². The van der Waals surface area contributed by atoms with Crippen molar-refractivity contribution in [2.75, 3.05) is 0 Å². The standard InChI is InChI=1S/C14H11BrN2/c15-10-13-7-8-17(16-13)14-6-5-11-3-1-2-4-12(11)9-14/h1-9H,10H2. The van der Waals surface area contributed by atoms with Crippen molar-refractivity contribution in [3.8, 4) is 5.69 Å². The molecule has 2 aromatic carbocycles. The van der Waals surface area contributed by atoms with Crippen molar-refractivity contribution in [3.05, 3.63) is 60.4 Å². The van der Waals surface area contributed by atoms with Crippen LogP contribution in [0.25, 0.3) is 16.5 Å². The van der Waals surface area contributed by atoms with Crippen LogP contribution in [0.5, 0.6) is 0 Å². The summed E-state index contributed by atoms with van der Waals surface area (Å²) in [4.78, 5) is 0. The van der Waals surface area contributed by atoms with E-state index in [4.69, 9.17) is 0 Å². The number of benzene rings is 2. The number of halogens is 1. The molecule has 0 aliphatic rings. The Morgan fingerprint density at radius 3 is 2.59 bits per heavy atom. The number of nitrogens with zero attached hydrogens (tertiary/aromatic N) is 2. The van der Waals surface area contributed by atoms with E-state index in [1.807, 2.05) is 16.9 Å². The van der Waals surface area contributed by atoms with Gasteiger partial charge in [-0.05, 0) is 29.0 Å². The Morgan fingerprint density at radius 1 is 1.00 bits per heavy atom. The maximum Gasteiger partial charge on any atom is 0.0734 e. The monoisotopic (exact) mass is 286 g/mol. The highest BCUT2D eigenvalue weighted by Crippen LogP contribution is 2.18. The fourth-order valence-electron chi connectivity index (χ4n) is 1.90. The van der Waals surface area contributed by atoms with Crippen molar-refractivity contribution < 1.29 is 0 Å². The summed E-state index contributed by atoms with van der Waals surface area (Å²) in [5, 5.41) is 7.75. The highest BCUT2D eigenvalue weighted by atomic mass is 79.9. The highest BCUT2D eigenvalue weighted by molar-refractivity contribution is 9.08. The molecule has 0 aliphatic carbocycles. The number of aromatic nitrogens is 2. The van der Waals surface area contributed by atoms with Crippen LogP contribution in [0.3, 0.4) is 0 Å². The average molecular weight is 287 g/mol. The van der Waals surface area contributed by atoms with Gasteiger partial charge in [0.1, 0.15) is 0 Å². The first kappa shape index (κ1) is 10.5. The molecular weight excluding hydrogens is 276 g/mol. The lowest BCUT2D eigenvalue weighted by Gasteiger charge is -2.03. The SMILES string of the molecule is BrCc1ccn(-c2ccc3ccccc3c2)n1. The number of fused-ring (bicyclic) bond motifs is 1. The Balaban J connectivity index is 2.11. The van der Waals surface area contributed by atoms with Gasteiger partial charge in [-0.3, -0.25) is 0 Å². The lowest BCUT2D eigenvalue weighted by molar-refractivity contribution is 0.862. The van der Waals surface area contributed by atoms with E-state index >= 15 is 0 Å². The van der Waals surface area contributed by atoms with Crippen LogP contribution in [0.2, 0.25) is 0 Å². The van der Waals surface area contributed by atoms with Gasteiger partial charge < -0.3 is 0 Å². The van der Waals surface area contributed by atoms with Gasteiger partial charge in [-0.1, -0.05) is 46.3 Å². The smallest absolute Gasteiger partial charge is 0.0734 e. The summed E-state index contributed by atoms with van der Waals surface area (Å²) in [5.41, 5.74) is 2.13. The molecule has 84 valence electrons. The zero-order chi connectivity index (χ0) is 11.7. The van der Waals surface area contributed by atoms with Crippen LogP contribution in [-0.2, 0) is 5.33 Å². The van der Waals surface area contributed by atoms with Gasteiger partial charge >= 0.3 is 0 Å². The minimum atomic E-state index is 0.785. The molecule has 0 bridgehead atoms. The predicted octanol–water partition coefficient (Wildman–Crippen LogP) is 3.92. The molecule has 0 aliphatic heterocycles. The number of alkyl halides is 1. The third kappa shape index (κ3) is 1.98. The minimum Gasteiger partial charge on any atom is -0.241 e. The average Bonchev–Trinajstić information content (AvgIpc) is 2.87. The highest BCUT2D eigenvalue weighted by Gasteiger charge is 2.01. The molecule has 0 spiro atoms. The molecule has 3 rings (SSSR count). The molecule has 3 heteroatoms. The van der Waals surface area contributed by atoms with E-state index in [2.05, 4.69) is 63.5 Å². The third-order valence-corrected chi connectivity index (χ3v) is 3.35.